The fourth-order valence-corrected chi connectivity index (χ4v) is 0.770. The lowest BCUT2D eigenvalue weighted by Crippen LogP contribution is -2.02. The van der Waals surface area contributed by atoms with Crippen LogP contribution in [0.25, 0.3) is 0 Å². The molecule has 0 aliphatic rings. The van der Waals surface area contributed by atoms with Crippen LogP contribution in [0.3, 0.4) is 0 Å². The van der Waals surface area contributed by atoms with Gasteiger partial charge in [-0.1, -0.05) is 32.4 Å². The van der Waals surface area contributed by atoms with Crippen LogP contribution < -0.4 is 0 Å². The van der Waals surface area contributed by atoms with Crippen molar-refractivity contribution in [3.05, 3.63) is 12.2 Å². The van der Waals surface area contributed by atoms with E-state index in [9.17, 15) is 4.79 Å². The zero-order valence-electron chi connectivity index (χ0n) is 8.01. The Morgan fingerprint density at radius 1 is 1.25 bits per heavy atom. The van der Waals surface area contributed by atoms with Crippen molar-refractivity contribution >= 4 is 5.97 Å². The summed E-state index contributed by atoms with van der Waals surface area (Å²) in [6, 6.07) is 0. The Morgan fingerprint density at radius 2 is 2.00 bits per heavy atom. The van der Waals surface area contributed by atoms with Crippen molar-refractivity contribution in [3.8, 4) is 0 Å². The monoisotopic (exact) mass is 170 g/mol. The number of allylic oxidation sites excluding steroid dienone is 1. The molecule has 0 atom stereocenters. The third-order valence-corrected chi connectivity index (χ3v) is 1.42. The summed E-state index contributed by atoms with van der Waals surface area (Å²) in [5.74, 6) is -0.0985. The molecule has 0 aliphatic carbocycles. The molecule has 0 radical (unpaired) electrons. The molecule has 0 aromatic carbocycles. The summed E-state index contributed by atoms with van der Waals surface area (Å²) in [7, 11) is 0. The van der Waals surface area contributed by atoms with E-state index < -0.39 is 0 Å². The highest BCUT2D eigenvalue weighted by molar-refractivity contribution is 5.69. The Balaban J connectivity index is 3.24. The van der Waals surface area contributed by atoms with E-state index in [4.69, 9.17) is 4.74 Å². The Bertz CT molecular complexity index is 139. The van der Waals surface area contributed by atoms with Crippen LogP contribution in [-0.2, 0) is 9.53 Å². The van der Waals surface area contributed by atoms with Gasteiger partial charge >= 0.3 is 5.97 Å². The molecule has 0 unspecified atom stereocenters. The molecule has 12 heavy (non-hydrogen) atoms. The summed E-state index contributed by atoms with van der Waals surface area (Å²) in [5.41, 5.74) is 0. The minimum absolute atomic E-state index is 0.0985. The molecule has 70 valence electrons. The first kappa shape index (κ1) is 11.2. The van der Waals surface area contributed by atoms with Gasteiger partial charge in [-0.05, 0) is 12.8 Å². The van der Waals surface area contributed by atoms with E-state index in [0.717, 1.165) is 19.3 Å². The van der Waals surface area contributed by atoms with Crippen LogP contribution in [0.5, 0.6) is 0 Å². The maximum Gasteiger partial charge on any atom is 0.306 e. The lowest BCUT2D eigenvalue weighted by Gasteiger charge is -1.98. The molecule has 0 N–H and O–H groups in total. The standard InChI is InChI=1S/C10H18O2/c1-3-5-6-7-9-12-10(11)8-4-2/h6-7H,3-5,8-9H2,1-2H3/b7-6+. The van der Waals surface area contributed by atoms with Crippen molar-refractivity contribution in [3.63, 3.8) is 0 Å². The summed E-state index contributed by atoms with van der Waals surface area (Å²) in [6.45, 7) is 4.51. The third kappa shape index (κ3) is 7.32. The summed E-state index contributed by atoms with van der Waals surface area (Å²) >= 11 is 0. The molecule has 2 nitrogen and oxygen atoms in total. The Kier molecular flexibility index (Phi) is 7.76. The predicted molar refractivity (Wildman–Crippen MR) is 49.9 cm³/mol. The Hall–Kier alpha value is -0.790. The third-order valence-electron chi connectivity index (χ3n) is 1.42. The van der Waals surface area contributed by atoms with Crippen LogP contribution in [0.15, 0.2) is 12.2 Å². The highest BCUT2D eigenvalue weighted by Crippen LogP contribution is 1.92. The molecule has 0 saturated carbocycles. The second-order valence-corrected chi connectivity index (χ2v) is 2.69. The summed E-state index contributed by atoms with van der Waals surface area (Å²) in [6.07, 6.45) is 7.53. The van der Waals surface area contributed by atoms with E-state index in [0.29, 0.717) is 13.0 Å². The highest BCUT2D eigenvalue weighted by Gasteiger charge is 1.96. The second-order valence-electron chi connectivity index (χ2n) is 2.69. The first-order chi connectivity index (χ1) is 5.81. The molecule has 0 heterocycles. The maximum atomic E-state index is 10.8. The number of hydrogen-bond donors (Lipinski definition) is 0. The Morgan fingerprint density at radius 3 is 2.58 bits per heavy atom. The fourth-order valence-electron chi connectivity index (χ4n) is 0.770. The van der Waals surface area contributed by atoms with E-state index >= 15 is 0 Å². The van der Waals surface area contributed by atoms with Crippen molar-refractivity contribution in [1.29, 1.82) is 0 Å². The van der Waals surface area contributed by atoms with Crippen molar-refractivity contribution < 1.29 is 9.53 Å². The van der Waals surface area contributed by atoms with Crippen molar-refractivity contribution in [2.24, 2.45) is 0 Å². The lowest BCUT2D eigenvalue weighted by molar-refractivity contribution is -0.142. The number of unbranched alkanes of at least 4 members (excludes halogenated alkanes) is 1. The van der Waals surface area contributed by atoms with E-state index in [2.05, 4.69) is 6.92 Å². The predicted octanol–water partition coefficient (Wildman–Crippen LogP) is 2.69. The molecule has 0 bridgehead atoms. The van der Waals surface area contributed by atoms with Gasteiger partial charge in [-0.3, -0.25) is 4.79 Å². The maximum absolute atomic E-state index is 10.8. The number of esters is 1. The van der Waals surface area contributed by atoms with Gasteiger partial charge in [-0.15, -0.1) is 0 Å². The number of rotatable bonds is 6. The summed E-state index contributed by atoms with van der Waals surface area (Å²) in [4.78, 5) is 10.8. The van der Waals surface area contributed by atoms with Crippen molar-refractivity contribution in [1.82, 2.24) is 0 Å². The molecule has 0 aliphatic heterocycles. The van der Waals surface area contributed by atoms with Crippen LogP contribution >= 0.6 is 0 Å². The van der Waals surface area contributed by atoms with Gasteiger partial charge < -0.3 is 4.74 Å². The van der Waals surface area contributed by atoms with Crippen LogP contribution in [0.2, 0.25) is 0 Å². The molecular formula is C10H18O2. The van der Waals surface area contributed by atoms with Gasteiger partial charge in [-0.2, -0.15) is 0 Å². The molecule has 0 rings (SSSR count). The van der Waals surface area contributed by atoms with Gasteiger partial charge in [0.15, 0.2) is 0 Å². The number of carbonyl (C=O) groups excluding carboxylic acids is 1. The smallest absolute Gasteiger partial charge is 0.306 e. The van der Waals surface area contributed by atoms with E-state index in [-0.39, 0.29) is 5.97 Å². The average molecular weight is 170 g/mol. The van der Waals surface area contributed by atoms with Gasteiger partial charge in [0, 0.05) is 6.42 Å². The number of hydrogen-bond acceptors (Lipinski definition) is 2. The molecule has 0 saturated heterocycles. The van der Waals surface area contributed by atoms with Gasteiger partial charge in [0.05, 0.1) is 0 Å². The van der Waals surface area contributed by atoms with Gasteiger partial charge in [-0.25, -0.2) is 0 Å². The molecule has 2 heteroatoms. The van der Waals surface area contributed by atoms with E-state index in [1.807, 2.05) is 19.1 Å². The van der Waals surface area contributed by atoms with Gasteiger partial charge in [0.25, 0.3) is 0 Å². The van der Waals surface area contributed by atoms with Crippen molar-refractivity contribution in [2.75, 3.05) is 6.61 Å². The first-order valence-corrected chi connectivity index (χ1v) is 4.61. The van der Waals surface area contributed by atoms with Crippen LogP contribution in [0.4, 0.5) is 0 Å². The second kappa shape index (κ2) is 8.31. The van der Waals surface area contributed by atoms with Gasteiger partial charge in [0.2, 0.25) is 0 Å². The zero-order chi connectivity index (χ0) is 9.23. The summed E-state index contributed by atoms with van der Waals surface area (Å²) < 4.78 is 4.90. The van der Waals surface area contributed by atoms with Crippen LogP contribution in [0, 0.1) is 0 Å². The molecule has 0 spiro atoms. The minimum atomic E-state index is -0.0985. The first-order valence-electron chi connectivity index (χ1n) is 4.61. The normalized spacial score (nSPS) is 10.5. The largest absolute Gasteiger partial charge is 0.461 e. The van der Waals surface area contributed by atoms with E-state index in [1.165, 1.54) is 0 Å². The molecule has 0 amide bonds. The molecule has 0 fully saturated rings. The SMILES string of the molecule is CCC/C=C/COC(=O)CCC. The fraction of sp³-hybridized carbons (Fsp3) is 0.700. The van der Waals surface area contributed by atoms with Crippen molar-refractivity contribution in [2.45, 2.75) is 39.5 Å². The Labute approximate surface area is 74.6 Å². The molecule has 0 aromatic rings. The highest BCUT2D eigenvalue weighted by atomic mass is 16.5. The summed E-state index contributed by atoms with van der Waals surface area (Å²) in [5, 5.41) is 0. The molecular weight excluding hydrogens is 152 g/mol. The van der Waals surface area contributed by atoms with Gasteiger partial charge in [0.1, 0.15) is 6.61 Å². The zero-order valence-corrected chi connectivity index (χ0v) is 8.01. The average Bonchev–Trinajstić information content (AvgIpc) is 2.05. The molecule has 0 aromatic heterocycles. The minimum Gasteiger partial charge on any atom is -0.461 e. The lowest BCUT2D eigenvalue weighted by atomic mass is 10.3. The number of ether oxygens (including phenoxy) is 1. The van der Waals surface area contributed by atoms with Crippen LogP contribution in [-0.4, -0.2) is 12.6 Å². The van der Waals surface area contributed by atoms with Crippen LogP contribution in [0.1, 0.15) is 39.5 Å². The van der Waals surface area contributed by atoms with E-state index in [1.54, 1.807) is 0 Å². The topological polar surface area (TPSA) is 26.3 Å². The number of carbonyl (C=O) groups is 1. The quantitative estimate of drug-likeness (QED) is 0.452.